The maximum atomic E-state index is 12.9. The van der Waals surface area contributed by atoms with Crippen molar-refractivity contribution in [2.45, 2.75) is 78.2 Å². The van der Waals surface area contributed by atoms with Crippen molar-refractivity contribution in [2.75, 3.05) is 12.4 Å². The molecule has 0 aromatic rings. The molecule has 0 atom stereocenters. The van der Waals surface area contributed by atoms with E-state index in [1.165, 1.54) is 32.1 Å². The topological polar surface area (TPSA) is 20.3 Å². The first-order valence-corrected chi connectivity index (χ1v) is 9.33. The van der Waals surface area contributed by atoms with Gasteiger partial charge < -0.3 is 4.90 Å². The fourth-order valence-corrected chi connectivity index (χ4v) is 3.96. The minimum absolute atomic E-state index is 0.277. The summed E-state index contributed by atoms with van der Waals surface area (Å²) in [6.07, 6.45) is 9.22. The lowest BCUT2D eigenvalue weighted by Gasteiger charge is -2.42. The lowest BCUT2D eigenvalue weighted by molar-refractivity contribution is -0.141. The van der Waals surface area contributed by atoms with Gasteiger partial charge in [0, 0.05) is 24.4 Å². The molecule has 2 saturated carbocycles. The monoisotopic (exact) mass is 313 g/mol. The molecule has 122 valence electrons. The molecule has 2 fully saturated rings. The van der Waals surface area contributed by atoms with Gasteiger partial charge in [0.1, 0.15) is 0 Å². The molecule has 0 aliphatic heterocycles. The van der Waals surface area contributed by atoms with Gasteiger partial charge in [-0.1, -0.05) is 20.8 Å². The zero-order chi connectivity index (χ0) is 15.5. The van der Waals surface area contributed by atoms with Gasteiger partial charge in [-0.2, -0.15) is 0 Å². The second-order valence-corrected chi connectivity index (χ2v) is 8.45. The Morgan fingerprint density at radius 1 is 1.10 bits per heavy atom. The molecule has 0 aromatic heterocycles. The van der Waals surface area contributed by atoms with Crippen LogP contribution in [0, 0.1) is 17.3 Å². The first-order chi connectivity index (χ1) is 9.93. The van der Waals surface area contributed by atoms with Crippen LogP contribution in [0.3, 0.4) is 0 Å². The summed E-state index contributed by atoms with van der Waals surface area (Å²) in [6.45, 7) is 7.87. The minimum atomic E-state index is 0.277. The van der Waals surface area contributed by atoms with Crippen LogP contribution in [0.1, 0.15) is 72.1 Å². The van der Waals surface area contributed by atoms with E-state index in [-0.39, 0.29) is 5.92 Å². The van der Waals surface area contributed by atoms with E-state index < -0.39 is 0 Å². The van der Waals surface area contributed by atoms with E-state index in [0.717, 1.165) is 31.7 Å². The molecule has 0 spiro atoms. The Bertz CT molecular complexity index is 338. The molecular weight excluding hydrogens is 282 g/mol. The molecule has 0 saturated heterocycles. The fraction of sp³-hybridized carbons (Fsp3) is 0.944. The van der Waals surface area contributed by atoms with Crippen molar-refractivity contribution >= 4 is 17.5 Å². The van der Waals surface area contributed by atoms with E-state index in [1.54, 1.807) is 0 Å². The van der Waals surface area contributed by atoms with Gasteiger partial charge in [-0.3, -0.25) is 4.79 Å². The highest BCUT2D eigenvalue weighted by Crippen LogP contribution is 2.40. The molecule has 21 heavy (non-hydrogen) atoms. The minimum Gasteiger partial charge on any atom is -0.339 e. The molecule has 2 aliphatic rings. The molecule has 1 amide bonds. The Hall–Kier alpha value is -0.240. The van der Waals surface area contributed by atoms with Gasteiger partial charge in [0.15, 0.2) is 0 Å². The van der Waals surface area contributed by atoms with Crippen LogP contribution >= 0.6 is 11.6 Å². The number of alkyl halides is 1. The van der Waals surface area contributed by atoms with Crippen LogP contribution in [0.5, 0.6) is 0 Å². The smallest absolute Gasteiger partial charge is 0.225 e. The Morgan fingerprint density at radius 2 is 1.71 bits per heavy atom. The predicted octanol–water partition coefficient (Wildman–Crippen LogP) is 4.85. The summed E-state index contributed by atoms with van der Waals surface area (Å²) in [5.74, 6) is 2.14. The quantitative estimate of drug-likeness (QED) is 0.664. The van der Waals surface area contributed by atoms with E-state index in [4.69, 9.17) is 11.6 Å². The first-order valence-electron chi connectivity index (χ1n) is 8.80. The van der Waals surface area contributed by atoms with Crippen LogP contribution in [0.2, 0.25) is 0 Å². The maximum absolute atomic E-state index is 12.9. The molecule has 0 bridgehead atoms. The maximum Gasteiger partial charge on any atom is 0.225 e. The summed E-state index contributed by atoms with van der Waals surface area (Å²) >= 11 is 5.83. The van der Waals surface area contributed by atoms with Crippen molar-refractivity contribution in [2.24, 2.45) is 17.3 Å². The zero-order valence-corrected chi connectivity index (χ0v) is 14.8. The summed E-state index contributed by atoms with van der Waals surface area (Å²) < 4.78 is 0. The van der Waals surface area contributed by atoms with Gasteiger partial charge in [-0.15, -0.1) is 11.6 Å². The van der Waals surface area contributed by atoms with Gasteiger partial charge >= 0.3 is 0 Å². The van der Waals surface area contributed by atoms with Crippen molar-refractivity contribution < 1.29 is 4.79 Å². The molecule has 0 radical (unpaired) electrons. The van der Waals surface area contributed by atoms with Crippen molar-refractivity contribution in [1.82, 2.24) is 4.90 Å². The van der Waals surface area contributed by atoms with Crippen molar-refractivity contribution in [1.29, 1.82) is 0 Å². The molecule has 0 N–H and O–H groups in total. The Balaban J connectivity index is 1.89. The van der Waals surface area contributed by atoms with Gasteiger partial charge in [0.2, 0.25) is 5.91 Å². The van der Waals surface area contributed by atoms with E-state index in [9.17, 15) is 4.79 Å². The van der Waals surface area contributed by atoms with Crippen molar-refractivity contribution in [3.8, 4) is 0 Å². The number of amides is 1. The average Bonchev–Trinajstić information content (AvgIpc) is 2.39. The van der Waals surface area contributed by atoms with Gasteiger partial charge in [0.25, 0.3) is 0 Å². The molecule has 2 nitrogen and oxygen atoms in total. The summed E-state index contributed by atoms with van der Waals surface area (Å²) in [5, 5.41) is 0. The number of hydrogen-bond acceptors (Lipinski definition) is 1. The first kappa shape index (κ1) is 17.1. The molecule has 0 unspecified atom stereocenters. The third-order valence-corrected chi connectivity index (χ3v) is 5.90. The van der Waals surface area contributed by atoms with Crippen LogP contribution in [-0.4, -0.2) is 29.3 Å². The highest BCUT2D eigenvalue weighted by Gasteiger charge is 2.36. The van der Waals surface area contributed by atoms with Gasteiger partial charge in [0.05, 0.1) is 0 Å². The predicted molar refractivity (Wildman–Crippen MR) is 89.6 cm³/mol. The van der Waals surface area contributed by atoms with Crippen LogP contribution in [0.15, 0.2) is 0 Å². The second-order valence-electron chi connectivity index (χ2n) is 8.07. The number of halogens is 1. The normalized spacial score (nSPS) is 27.2. The fourth-order valence-electron chi connectivity index (χ4n) is 3.84. The van der Waals surface area contributed by atoms with E-state index in [2.05, 4.69) is 25.7 Å². The summed E-state index contributed by atoms with van der Waals surface area (Å²) in [5.41, 5.74) is 0.389. The van der Waals surface area contributed by atoms with E-state index in [1.807, 2.05) is 0 Å². The Morgan fingerprint density at radius 3 is 2.14 bits per heavy atom. The van der Waals surface area contributed by atoms with Crippen LogP contribution in [0.4, 0.5) is 0 Å². The Kier molecular flexibility index (Phi) is 5.99. The van der Waals surface area contributed by atoms with Crippen molar-refractivity contribution in [3.05, 3.63) is 0 Å². The van der Waals surface area contributed by atoms with E-state index >= 15 is 0 Å². The highest BCUT2D eigenvalue weighted by atomic mass is 35.5. The van der Waals surface area contributed by atoms with Crippen LogP contribution in [0.25, 0.3) is 0 Å². The summed E-state index contributed by atoms with van der Waals surface area (Å²) in [6, 6.07) is 0.515. The highest BCUT2D eigenvalue weighted by molar-refractivity contribution is 6.17. The van der Waals surface area contributed by atoms with E-state index in [0.29, 0.717) is 23.2 Å². The lowest BCUT2D eigenvalue weighted by Crippen LogP contribution is -2.48. The number of carbonyl (C=O) groups is 1. The van der Waals surface area contributed by atoms with Crippen molar-refractivity contribution in [3.63, 3.8) is 0 Å². The molecule has 0 aromatic carbocycles. The van der Waals surface area contributed by atoms with Crippen LogP contribution in [-0.2, 0) is 4.79 Å². The molecule has 0 heterocycles. The summed E-state index contributed by atoms with van der Waals surface area (Å²) in [4.78, 5) is 15.1. The van der Waals surface area contributed by atoms with Gasteiger partial charge in [-0.25, -0.2) is 0 Å². The standard InChI is InChI=1S/C18H32ClNO/c1-18(2,3)15-10-8-14(9-11-15)17(21)20(13-5-12-19)16-6-4-7-16/h14-16H,4-13H2,1-3H3. The lowest BCUT2D eigenvalue weighted by atomic mass is 9.69. The molecular formula is C18H32ClNO. The SMILES string of the molecule is CC(C)(C)C1CCC(C(=O)N(CCCCl)C2CCC2)CC1. The molecule has 2 rings (SSSR count). The van der Waals surface area contributed by atoms with Crippen LogP contribution < -0.4 is 0 Å². The largest absolute Gasteiger partial charge is 0.339 e. The Labute approximate surface area is 135 Å². The number of rotatable bonds is 5. The molecule has 2 aliphatic carbocycles. The third-order valence-electron chi connectivity index (χ3n) is 5.63. The third kappa shape index (κ3) is 4.37. The average molecular weight is 314 g/mol. The number of nitrogens with zero attached hydrogens (tertiary/aromatic N) is 1. The second kappa shape index (κ2) is 7.35. The number of hydrogen-bond donors (Lipinski definition) is 0. The van der Waals surface area contributed by atoms with Gasteiger partial charge in [-0.05, 0) is 62.7 Å². The summed E-state index contributed by atoms with van der Waals surface area (Å²) in [7, 11) is 0. The molecule has 3 heteroatoms. The number of carbonyl (C=O) groups excluding carboxylic acids is 1. The zero-order valence-electron chi connectivity index (χ0n) is 14.0.